The van der Waals surface area contributed by atoms with Gasteiger partial charge in [-0.15, -0.1) is 0 Å². The number of likely N-dealkylation sites (tertiary alicyclic amines) is 1. The second-order valence-electron chi connectivity index (χ2n) is 5.55. The number of fused-ring (bicyclic) bond motifs is 1. The lowest BCUT2D eigenvalue weighted by molar-refractivity contribution is 0.0285. The molecular formula is C16H22N2O. The molecule has 3 rings (SSSR count). The van der Waals surface area contributed by atoms with Gasteiger partial charge in [-0.1, -0.05) is 12.1 Å². The van der Waals surface area contributed by atoms with E-state index in [2.05, 4.69) is 47.0 Å². The highest BCUT2D eigenvalue weighted by Crippen LogP contribution is 2.20. The summed E-state index contributed by atoms with van der Waals surface area (Å²) in [6.07, 6.45) is 4.97. The number of rotatable bonds is 3. The van der Waals surface area contributed by atoms with E-state index in [-0.39, 0.29) is 0 Å². The first-order chi connectivity index (χ1) is 9.26. The van der Waals surface area contributed by atoms with Crippen LogP contribution >= 0.6 is 0 Å². The summed E-state index contributed by atoms with van der Waals surface area (Å²) in [7, 11) is 3.93. The molecule has 0 aliphatic carbocycles. The summed E-state index contributed by atoms with van der Waals surface area (Å²) in [6.45, 7) is 3.27. The van der Waals surface area contributed by atoms with E-state index in [1.807, 2.05) is 7.11 Å². The van der Waals surface area contributed by atoms with E-state index >= 15 is 0 Å². The van der Waals surface area contributed by atoms with Crippen molar-refractivity contribution in [2.45, 2.75) is 25.5 Å². The van der Waals surface area contributed by atoms with Crippen LogP contribution in [0.15, 0.2) is 30.5 Å². The van der Waals surface area contributed by atoms with Crippen LogP contribution in [-0.4, -0.2) is 35.8 Å². The van der Waals surface area contributed by atoms with Crippen molar-refractivity contribution >= 4 is 10.9 Å². The topological polar surface area (TPSA) is 17.4 Å². The van der Waals surface area contributed by atoms with Gasteiger partial charge in [-0.3, -0.25) is 4.90 Å². The molecule has 0 radical (unpaired) electrons. The largest absolute Gasteiger partial charge is 0.380 e. The van der Waals surface area contributed by atoms with Gasteiger partial charge in [0, 0.05) is 39.0 Å². The maximum absolute atomic E-state index is 5.49. The van der Waals surface area contributed by atoms with Crippen LogP contribution in [0.4, 0.5) is 0 Å². The molecule has 0 spiro atoms. The molecule has 3 nitrogen and oxygen atoms in total. The van der Waals surface area contributed by atoms with Crippen molar-refractivity contribution in [1.29, 1.82) is 0 Å². The monoisotopic (exact) mass is 258 g/mol. The van der Waals surface area contributed by atoms with Crippen molar-refractivity contribution in [2.75, 3.05) is 20.2 Å². The molecule has 1 atom stereocenters. The maximum atomic E-state index is 5.49. The average molecular weight is 258 g/mol. The molecule has 0 N–H and O–H groups in total. The molecule has 1 aliphatic rings. The summed E-state index contributed by atoms with van der Waals surface area (Å²) < 4.78 is 7.68. The fourth-order valence-corrected chi connectivity index (χ4v) is 3.01. The van der Waals surface area contributed by atoms with Crippen molar-refractivity contribution < 1.29 is 4.74 Å². The molecule has 0 saturated carbocycles. The Morgan fingerprint density at radius 2 is 2.21 bits per heavy atom. The highest BCUT2D eigenvalue weighted by atomic mass is 16.5. The van der Waals surface area contributed by atoms with E-state index in [1.165, 1.54) is 35.9 Å². The predicted molar refractivity (Wildman–Crippen MR) is 78.2 cm³/mol. The number of hydrogen-bond donors (Lipinski definition) is 0. The first-order valence-corrected chi connectivity index (χ1v) is 7.05. The molecule has 1 aromatic carbocycles. The minimum Gasteiger partial charge on any atom is -0.380 e. The number of aromatic nitrogens is 1. The van der Waals surface area contributed by atoms with Crippen molar-refractivity contribution in [2.24, 2.45) is 7.05 Å². The first-order valence-electron chi connectivity index (χ1n) is 7.05. The van der Waals surface area contributed by atoms with Crippen molar-refractivity contribution in [3.8, 4) is 0 Å². The van der Waals surface area contributed by atoms with Gasteiger partial charge in [0.1, 0.15) is 0 Å². The Balaban J connectivity index is 1.75. The minimum atomic E-state index is 0.410. The highest BCUT2D eigenvalue weighted by molar-refractivity contribution is 5.80. The summed E-state index contributed by atoms with van der Waals surface area (Å²) in [6, 6.07) is 8.95. The van der Waals surface area contributed by atoms with Gasteiger partial charge in [0.2, 0.25) is 0 Å². The SMILES string of the molecule is CO[C@@H]1CCCN(Cc2ccc3ccn(C)c3c2)C1. The fraction of sp³-hybridized carbons (Fsp3) is 0.500. The van der Waals surface area contributed by atoms with E-state index in [0.717, 1.165) is 13.1 Å². The summed E-state index contributed by atoms with van der Waals surface area (Å²) in [5.74, 6) is 0. The molecule has 0 unspecified atom stereocenters. The summed E-state index contributed by atoms with van der Waals surface area (Å²) >= 11 is 0. The van der Waals surface area contributed by atoms with Crippen molar-refractivity contribution in [3.05, 3.63) is 36.0 Å². The summed E-state index contributed by atoms with van der Waals surface area (Å²) in [5, 5.41) is 1.32. The molecule has 1 aromatic heterocycles. The molecule has 3 heteroatoms. The van der Waals surface area contributed by atoms with Crippen LogP contribution in [-0.2, 0) is 18.3 Å². The van der Waals surface area contributed by atoms with Gasteiger partial charge in [0.25, 0.3) is 0 Å². The smallest absolute Gasteiger partial charge is 0.0698 e. The number of methoxy groups -OCH3 is 1. The number of hydrogen-bond acceptors (Lipinski definition) is 2. The van der Waals surface area contributed by atoms with Gasteiger partial charge in [0.15, 0.2) is 0 Å². The zero-order valence-electron chi connectivity index (χ0n) is 11.8. The predicted octanol–water partition coefficient (Wildman–Crippen LogP) is 2.79. The molecule has 1 saturated heterocycles. The Bertz CT molecular complexity index is 561. The summed E-state index contributed by atoms with van der Waals surface area (Å²) in [5.41, 5.74) is 2.71. The number of ether oxygens (including phenoxy) is 1. The molecule has 1 fully saturated rings. The molecule has 0 amide bonds. The van der Waals surface area contributed by atoms with Crippen LogP contribution in [0.3, 0.4) is 0 Å². The standard InChI is InChI=1S/C16H22N2O/c1-17-9-7-14-6-5-13(10-16(14)17)11-18-8-3-4-15(12-18)19-2/h5-7,9-10,15H,3-4,8,11-12H2,1-2H3/t15-/m1/s1. The van der Waals surface area contributed by atoms with Crippen LogP contribution in [0.25, 0.3) is 10.9 Å². The minimum absolute atomic E-state index is 0.410. The van der Waals surface area contributed by atoms with Crippen LogP contribution in [0.1, 0.15) is 18.4 Å². The Labute approximate surface area is 114 Å². The second kappa shape index (κ2) is 5.35. The van der Waals surface area contributed by atoms with Gasteiger partial charge < -0.3 is 9.30 Å². The van der Waals surface area contributed by atoms with E-state index in [9.17, 15) is 0 Å². The number of aryl methyl sites for hydroxylation is 1. The third-order valence-electron chi connectivity index (χ3n) is 4.15. The normalized spacial score (nSPS) is 21.1. The number of piperidine rings is 1. The molecule has 102 valence electrons. The van der Waals surface area contributed by atoms with E-state index in [4.69, 9.17) is 4.74 Å². The quantitative estimate of drug-likeness (QED) is 0.842. The van der Waals surface area contributed by atoms with Crippen molar-refractivity contribution in [1.82, 2.24) is 9.47 Å². The van der Waals surface area contributed by atoms with Gasteiger partial charge in [-0.2, -0.15) is 0 Å². The Morgan fingerprint density at radius 1 is 1.32 bits per heavy atom. The molecule has 2 aromatic rings. The van der Waals surface area contributed by atoms with Crippen molar-refractivity contribution in [3.63, 3.8) is 0 Å². The van der Waals surface area contributed by atoms with E-state index < -0.39 is 0 Å². The van der Waals surface area contributed by atoms with E-state index in [0.29, 0.717) is 6.10 Å². The zero-order valence-corrected chi connectivity index (χ0v) is 11.8. The third kappa shape index (κ3) is 2.67. The van der Waals surface area contributed by atoms with Crippen LogP contribution in [0.2, 0.25) is 0 Å². The zero-order chi connectivity index (χ0) is 13.2. The molecule has 19 heavy (non-hydrogen) atoms. The second-order valence-corrected chi connectivity index (χ2v) is 5.55. The Kier molecular flexibility index (Phi) is 3.58. The molecule has 1 aliphatic heterocycles. The average Bonchev–Trinajstić information content (AvgIpc) is 2.80. The van der Waals surface area contributed by atoms with Gasteiger partial charge in [0.05, 0.1) is 6.10 Å². The molecule has 0 bridgehead atoms. The van der Waals surface area contributed by atoms with Gasteiger partial charge in [-0.25, -0.2) is 0 Å². The maximum Gasteiger partial charge on any atom is 0.0698 e. The molecular weight excluding hydrogens is 236 g/mol. The Hall–Kier alpha value is -1.32. The number of nitrogens with zero attached hydrogens (tertiary/aromatic N) is 2. The number of benzene rings is 1. The molecule has 2 heterocycles. The Morgan fingerprint density at radius 3 is 3.05 bits per heavy atom. The van der Waals surface area contributed by atoms with Gasteiger partial charge in [-0.05, 0) is 42.5 Å². The lowest BCUT2D eigenvalue weighted by Crippen LogP contribution is -2.38. The highest BCUT2D eigenvalue weighted by Gasteiger charge is 2.19. The summed E-state index contributed by atoms with van der Waals surface area (Å²) in [4.78, 5) is 2.50. The third-order valence-corrected chi connectivity index (χ3v) is 4.15. The van der Waals surface area contributed by atoms with Gasteiger partial charge >= 0.3 is 0 Å². The lowest BCUT2D eigenvalue weighted by Gasteiger charge is -2.31. The first kappa shape index (κ1) is 12.7. The van der Waals surface area contributed by atoms with Crippen LogP contribution < -0.4 is 0 Å². The lowest BCUT2D eigenvalue weighted by atomic mass is 10.1. The van der Waals surface area contributed by atoms with Crippen LogP contribution in [0, 0.1) is 0 Å². The fourth-order valence-electron chi connectivity index (χ4n) is 3.01. The van der Waals surface area contributed by atoms with E-state index in [1.54, 1.807) is 0 Å². The van der Waals surface area contributed by atoms with Crippen LogP contribution in [0.5, 0.6) is 0 Å².